The van der Waals surface area contributed by atoms with E-state index in [1.165, 1.54) is 21.6 Å². The van der Waals surface area contributed by atoms with Crippen molar-refractivity contribution in [3.8, 4) is 11.3 Å². The molecule has 1 heterocycles. The van der Waals surface area contributed by atoms with Crippen LogP contribution in [0.4, 0.5) is 10.8 Å². The maximum Gasteiger partial charge on any atom is 0.187 e. The Hall–Kier alpha value is -2.13. The zero-order chi connectivity index (χ0) is 14.8. The highest BCUT2D eigenvalue weighted by atomic mass is 32.1. The molecular weight excluding hydrogens is 276 g/mol. The lowest BCUT2D eigenvalue weighted by molar-refractivity contribution is 1.34. The molecule has 3 rings (SSSR count). The van der Waals surface area contributed by atoms with Crippen LogP contribution in [0.15, 0.2) is 48.5 Å². The Morgan fingerprint density at radius 3 is 2.24 bits per heavy atom. The first kappa shape index (κ1) is 13.8. The number of hydrogen-bond acceptors (Lipinski definition) is 3. The molecule has 0 aliphatic rings. The van der Waals surface area contributed by atoms with Crippen molar-refractivity contribution in [3.05, 3.63) is 64.5 Å². The summed E-state index contributed by atoms with van der Waals surface area (Å²) in [5, 5.41) is 4.37. The van der Waals surface area contributed by atoms with Crippen LogP contribution in [0, 0.1) is 20.8 Å². The average Bonchev–Trinajstić information content (AvgIpc) is 2.79. The number of anilines is 2. The molecule has 2 nitrogen and oxygen atoms in total. The van der Waals surface area contributed by atoms with E-state index >= 15 is 0 Å². The summed E-state index contributed by atoms with van der Waals surface area (Å²) in [5.41, 5.74) is 5.84. The normalized spacial score (nSPS) is 10.6. The maximum absolute atomic E-state index is 4.74. The third kappa shape index (κ3) is 3.14. The second-order valence-corrected chi connectivity index (χ2v) is 6.49. The molecule has 0 amide bonds. The molecule has 21 heavy (non-hydrogen) atoms. The average molecular weight is 294 g/mol. The predicted octanol–water partition coefficient (Wildman–Crippen LogP) is 5.48. The SMILES string of the molecule is Cc1cc(C)cc(Nc2nc(-c3ccccc3)c(C)s2)c1. The molecule has 0 bridgehead atoms. The highest BCUT2D eigenvalue weighted by Crippen LogP contribution is 2.32. The van der Waals surface area contributed by atoms with E-state index in [4.69, 9.17) is 4.98 Å². The number of benzene rings is 2. The van der Waals surface area contributed by atoms with Crippen LogP contribution in [-0.4, -0.2) is 4.98 Å². The standard InChI is InChI=1S/C18H18N2S/c1-12-9-13(2)11-16(10-12)19-18-20-17(14(3)21-18)15-7-5-4-6-8-15/h4-11H,1-3H3,(H,19,20). The molecule has 0 aliphatic carbocycles. The minimum Gasteiger partial charge on any atom is -0.332 e. The van der Waals surface area contributed by atoms with Gasteiger partial charge in [-0.3, -0.25) is 0 Å². The Kier molecular flexibility index (Phi) is 3.76. The molecule has 3 aromatic rings. The maximum atomic E-state index is 4.74. The molecule has 106 valence electrons. The number of aromatic nitrogens is 1. The van der Waals surface area contributed by atoms with E-state index in [1.54, 1.807) is 11.3 Å². The summed E-state index contributed by atoms with van der Waals surface area (Å²) in [4.78, 5) is 5.97. The van der Waals surface area contributed by atoms with Gasteiger partial charge in [0.1, 0.15) is 0 Å². The monoisotopic (exact) mass is 294 g/mol. The summed E-state index contributed by atoms with van der Waals surface area (Å²) in [5.74, 6) is 0. The Morgan fingerprint density at radius 1 is 0.905 bits per heavy atom. The van der Waals surface area contributed by atoms with E-state index in [9.17, 15) is 0 Å². The van der Waals surface area contributed by atoms with Crippen molar-refractivity contribution in [1.29, 1.82) is 0 Å². The molecule has 0 spiro atoms. The zero-order valence-corrected chi connectivity index (χ0v) is 13.3. The molecule has 0 unspecified atom stereocenters. The molecule has 3 heteroatoms. The van der Waals surface area contributed by atoms with E-state index in [0.29, 0.717) is 0 Å². The van der Waals surface area contributed by atoms with E-state index in [-0.39, 0.29) is 0 Å². The van der Waals surface area contributed by atoms with Gasteiger partial charge in [-0.15, -0.1) is 11.3 Å². The van der Waals surface area contributed by atoms with Gasteiger partial charge in [0, 0.05) is 16.1 Å². The van der Waals surface area contributed by atoms with Crippen molar-refractivity contribution in [1.82, 2.24) is 4.98 Å². The van der Waals surface area contributed by atoms with E-state index in [1.807, 2.05) is 18.2 Å². The van der Waals surface area contributed by atoms with Crippen LogP contribution >= 0.6 is 11.3 Å². The second-order valence-electron chi connectivity index (χ2n) is 5.29. The van der Waals surface area contributed by atoms with Crippen LogP contribution in [0.2, 0.25) is 0 Å². The minimum atomic E-state index is 0.941. The lowest BCUT2D eigenvalue weighted by Gasteiger charge is -2.05. The highest BCUT2D eigenvalue weighted by molar-refractivity contribution is 7.16. The fourth-order valence-electron chi connectivity index (χ4n) is 2.48. The van der Waals surface area contributed by atoms with Crippen molar-refractivity contribution in [2.24, 2.45) is 0 Å². The number of nitrogens with one attached hydrogen (secondary N) is 1. The summed E-state index contributed by atoms with van der Waals surface area (Å²) < 4.78 is 0. The van der Waals surface area contributed by atoms with Crippen molar-refractivity contribution in [2.45, 2.75) is 20.8 Å². The van der Waals surface area contributed by atoms with Gasteiger partial charge in [0.25, 0.3) is 0 Å². The minimum absolute atomic E-state index is 0.941. The summed E-state index contributed by atoms with van der Waals surface area (Å²) >= 11 is 1.69. The summed E-state index contributed by atoms with van der Waals surface area (Å²) in [6.45, 7) is 6.34. The van der Waals surface area contributed by atoms with Gasteiger partial charge in [0.2, 0.25) is 0 Å². The molecule has 0 aliphatic heterocycles. The van der Waals surface area contributed by atoms with Crippen LogP contribution in [0.1, 0.15) is 16.0 Å². The number of hydrogen-bond donors (Lipinski definition) is 1. The van der Waals surface area contributed by atoms with Gasteiger partial charge in [-0.05, 0) is 44.0 Å². The van der Waals surface area contributed by atoms with E-state index in [2.05, 4.69) is 56.4 Å². The third-order valence-electron chi connectivity index (χ3n) is 3.32. The quantitative estimate of drug-likeness (QED) is 0.692. The fourth-order valence-corrected chi connectivity index (χ4v) is 3.34. The smallest absolute Gasteiger partial charge is 0.187 e. The first-order chi connectivity index (χ1) is 10.1. The van der Waals surface area contributed by atoms with Crippen LogP contribution in [0.25, 0.3) is 11.3 Å². The van der Waals surface area contributed by atoms with Gasteiger partial charge >= 0.3 is 0 Å². The van der Waals surface area contributed by atoms with Crippen molar-refractivity contribution >= 4 is 22.2 Å². The van der Waals surface area contributed by atoms with Gasteiger partial charge in [0.15, 0.2) is 5.13 Å². The van der Waals surface area contributed by atoms with Crippen LogP contribution in [0.5, 0.6) is 0 Å². The van der Waals surface area contributed by atoms with E-state index in [0.717, 1.165) is 16.5 Å². The first-order valence-electron chi connectivity index (χ1n) is 7.00. The summed E-state index contributed by atoms with van der Waals surface area (Å²) in [6, 6.07) is 16.8. The summed E-state index contributed by atoms with van der Waals surface area (Å²) in [7, 11) is 0. The lowest BCUT2D eigenvalue weighted by Crippen LogP contribution is -1.91. The molecule has 1 aromatic heterocycles. The van der Waals surface area contributed by atoms with Gasteiger partial charge in [-0.1, -0.05) is 36.4 Å². The van der Waals surface area contributed by atoms with Crippen LogP contribution in [-0.2, 0) is 0 Å². The van der Waals surface area contributed by atoms with Gasteiger partial charge in [0.05, 0.1) is 5.69 Å². The van der Waals surface area contributed by atoms with Gasteiger partial charge in [-0.25, -0.2) is 4.98 Å². The Bertz CT molecular complexity index is 740. The second kappa shape index (κ2) is 5.70. The number of thiazole rings is 1. The first-order valence-corrected chi connectivity index (χ1v) is 7.81. The number of nitrogens with zero attached hydrogens (tertiary/aromatic N) is 1. The van der Waals surface area contributed by atoms with Crippen molar-refractivity contribution in [3.63, 3.8) is 0 Å². The molecule has 0 saturated carbocycles. The largest absolute Gasteiger partial charge is 0.332 e. The Balaban J connectivity index is 1.91. The molecule has 1 N–H and O–H groups in total. The zero-order valence-electron chi connectivity index (χ0n) is 12.5. The third-order valence-corrected chi connectivity index (χ3v) is 4.20. The number of rotatable bonds is 3. The molecule has 0 saturated heterocycles. The van der Waals surface area contributed by atoms with Crippen molar-refractivity contribution in [2.75, 3.05) is 5.32 Å². The molecule has 0 fully saturated rings. The van der Waals surface area contributed by atoms with Gasteiger partial charge < -0.3 is 5.32 Å². The van der Waals surface area contributed by atoms with E-state index < -0.39 is 0 Å². The fraction of sp³-hybridized carbons (Fsp3) is 0.167. The van der Waals surface area contributed by atoms with Crippen LogP contribution in [0.3, 0.4) is 0 Å². The molecule has 0 radical (unpaired) electrons. The molecular formula is C18H18N2S. The van der Waals surface area contributed by atoms with Crippen LogP contribution < -0.4 is 5.32 Å². The lowest BCUT2D eigenvalue weighted by atomic mass is 10.1. The topological polar surface area (TPSA) is 24.9 Å². The molecule has 0 atom stereocenters. The van der Waals surface area contributed by atoms with Crippen molar-refractivity contribution < 1.29 is 0 Å². The molecule has 2 aromatic carbocycles. The summed E-state index contributed by atoms with van der Waals surface area (Å²) in [6.07, 6.45) is 0. The Labute approximate surface area is 129 Å². The Morgan fingerprint density at radius 2 is 1.57 bits per heavy atom. The number of aryl methyl sites for hydroxylation is 3. The predicted molar refractivity (Wildman–Crippen MR) is 91.5 cm³/mol. The van der Waals surface area contributed by atoms with Gasteiger partial charge in [-0.2, -0.15) is 0 Å². The highest BCUT2D eigenvalue weighted by Gasteiger charge is 2.09.